The van der Waals surface area contributed by atoms with Crippen LogP contribution in [-0.2, 0) is 12.0 Å². The van der Waals surface area contributed by atoms with Gasteiger partial charge < -0.3 is 16.4 Å². The second-order valence-electron chi connectivity index (χ2n) is 10.0. The van der Waals surface area contributed by atoms with Crippen molar-refractivity contribution in [3.05, 3.63) is 107 Å². The lowest BCUT2D eigenvalue weighted by Gasteiger charge is -2.28. The minimum absolute atomic E-state index is 0.308. The Labute approximate surface area is 248 Å². The summed E-state index contributed by atoms with van der Waals surface area (Å²) in [7, 11) is 0. The predicted molar refractivity (Wildman–Crippen MR) is 169 cm³/mol. The van der Waals surface area contributed by atoms with Crippen molar-refractivity contribution >= 4 is 46.3 Å². The number of hydrogen-bond acceptors (Lipinski definition) is 6. The van der Waals surface area contributed by atoms with E-state index in [-0.39, 0.29) is 0 Å². The van der Waals surface area contributed by atoms with Crippen molar-refractivity contribution in [1.29, 1.82) is 5.26 Å². The first kappa shape index (κ1) is 27.8. The third kappa shape index (κ3) is 6.19. The summed E-state index contributed by atoms with van der Waals surface area (Å²) in [6.07, 6.45) is 0.557. The van der Waals surface area contributed by atoms with E-state index in [1.165, 1.54) is 0 Å². The van der Waals surface area contributed by atoms with E-state index in [0.29, 0.717) is 39.4 Å². The fourth-order valence-electron chi connectivity index (χ4n) is 4.58. The molecule has 0 radical (unpaired) electrons. The van der Waals surface area contributed by atoms with Crippen LogP contribution < -0.4 is 16.4 Å². The van der Waals surface area contributed by atoms with E-state index in [9.17, 15) is 5.26 Å². The van der Waals surface area contributed by atoms with E-state index >= 15 is 0 Å². The highest BCUT2D eigenvalue weighted by atomic mass is 35.5. The number of para-hydroxylation sites is 1. The van der Waals surface area contributed by atoms with E-state index in [0.717, 1.165) is 28.1 Å². The van der Waals surface area contributed by atoms with Gasteiger partial charge in [-0.3, -0.25) is 0 Å². The molecule has 0 aliphatic carbocycles. The summed E-state index contributed by atoms with van der Waals surface area (Å²) < 4.78 is 1.72. The first-order valence-corrected chi connectivity index (χ1v) is 13.6. The Hall–Kier alpha value is -4.78. The molecule has 8 nitrogen and oxygen atoms in total. The van der Waals surface area contributed by atoms with Gasteiger partial charge in [0.2, 0.25) is 0 Å². The number of nitrogens with two attached hydrogens (primary N) is 1. The lowest BCUT2D eigenvalue weighted by Crippen LogP contribution is -2.32. The van der Waals surface area contributed by atoms with Gasteiger partial charge in [-0.2, -0.15) is 10.4 Å². The van der Waals surface area contributed by atoms with Crippen LogP contribution in [0, 0.1) is 11.3 Å². The summed E-state index contributed by atoms with van der Waals surface area (Å²) in [6, 6.07) is 30.9. The molecule has 5 rings (SSSR count). The Balaban J connectivity index is 1.33. The van der Waals surface area contributed by atoms with Crippen LogP contribution >= 0.6 is 23.8 Å². The summed E-state index contributed by atoms with van der Waals surface area (Å²) in [6.45, 7) is 4.06. The zero-order chi connectivity index (χ0) is 29.0. The van der Waals surface area contributed by atoms with Gasteiger partial charge in [0.1, 0.15) is 23.1 Å². The quantitative estimate of drug-likeness (QED) is 0.178. The number of halogens is 1. The zero-order valence-electron chi connectivity index (χ0n) is 22.5. The SMILES string of the molecule is CC(C)(Cc1ccccc1NC(=S)Nc1ccc(-c2ccccc2)nn1)n1nc(-c2ccc(Cl)cc2)c(C#N)c1N. The molecule has 0 bridgehead atoms. The maximum absolute atomic E-state index is 9.87. The molecular weight excluding hydrogens is 552 g/mol. The maximum Gasteiger partial charge on any atom is 0.176 e. The van der Waals surface area contributed by atoms with Gasteiger partial charge in [0.25, 0.3) is 0 Å². The minimum atomic E-state index is -0.577. The fraction of sp³-hybridized carbons (Fsp3) is 0.129. The van der Waals surface area contributed by atoms with E-state index in [4.69, 9.17) is 34.7 Å². The van der Waals surface area contributed by atoms with Crippen LogP contribution in [0.25, 0.3) is 22.5 Å². The van der Waals surface area contributed by atoms with Crippen LogP contribution in [-0.4, -0.2) is 25.1 Å². The third-order valence-corrected chi connectivity index (χ3v) is 7.04. The fourth-order valence-corrected chi connectivity index (χ4v) is 4.92. The molecule has 0 aliphatic heterocycles. The molecule has 41 heavy (non-hydrogen) atoms. The Morgan fingerprint density at radius 3 is 2.32 bits per heavy atom. The number of rotatable bonds is 7. The molecule has 0 spiro atoms. The van der Waals surface area contributed by atoms with Gasteiger partial charge in [0.05, 0.1) is 11.2 Å². The van der Waals surface area contributed by atoms with Crippen LogP contribution in [0.3, 0.4) is 0 Å². The number of benzene rings is 3. The highest BCUT2D eigenvalue weighted by Crippen LogP contribution is 2.34. The first-order valence-electron chi connectivity index (χ1n) is 12.9. The standard InChI is InChI=1S/C31H27ClN8S/c1-31(2,40-29(34)24(19-33)28(39-40)21-12-14-23(32)15-13-21)18-22-10-6-7-11-25(22)35-30(41)36-27-17-16-26(37-38-27)20-8-4-3-5-9-20/h3-17H,18,34H2,1-2H3,(H2,35,36,38,41). The number of nitrogens with one attached hydrogen (secondary N) is 2. The number of aromatic nitrogens is 4. The molecule has 5 aromatic rings. The molecule has 0 unspecified atom stereocenters. The van der Waals surface area contributed by atoms with Gasteiger partial charge in [-0.1, -0.05) is 72.3 Å². The molecule has 0 saturated carbocycles. The van der Waals surface area contributed by atoms with Crippen LogP contribution in [0.15, 0.2) is 91.0 Å². The smallest absolute Gasteiger partial charge is 0.176 e. The number of nitrogens with zero attached hydrogens (tertiary/aromatic N) is 5. The topological polar surface area (TPSA) is 117 Å². The van der Waals surface area contributed by atoms with Crippen molar-refractivity contribution in [3.8, 4) is 28.6 Å². The van der Waals surface area contributed by atoms with Crippen molar-refractivity contribution < 1.29 is 0 Å². The number of nitrogen functional groups attached to an aromatic ring is 1. The minimum Gasteiger partial charge on any atom is -0.383 e. The van der Waals surface area contributed by atoms with Crippen molar-refractivity contribution in [2.45, 2.75) is 25.8 Å². The predicted octanol–water partition coefficient (Wildman–Crippen LogP) is 6.90. The summed E-state index contributed by atoms with van der Waals surface area (Å²) in [5.41, 5.74) is 11.1. The summed E-state index contributed by atoms with van der Waals surface area (Å²) in [5, 5.41) is 30.6. The molecule has 2 heterocycles. The van der Waals surface area contributed by atoms with E-state index in [1.54, 1.807) is 16.8 Å². The Bertz CT molecular complexity index is 1720. The van der Waals surface area contributed by atoms with E-state index in [2.05, 4.69) is 26.9 Å². The molecule has 0 saturated heterocycles. The molecule has 10 heteroatoms. The zero-order valence-corrected chi connectivity index (χ0v) is 24.0. The summed E-state index contributed by atoms with van der Waals surface area (Å²) in [4.78, 5) is 0. The maximum atomic E-state index is 9.87. The molecule has 3 aromatic carbocycles. The second-order valence-corrected chi connectivity index (χ2v) is 10.9. The van der Waals surface area contributed by atoms with Gasteiger partial charge in [-0.25, -0.2) is 4.68 Å². The largest absolute Gasteiger partial charge is 0.383 e. The van der Waals surface area contributed by atoms with Crippen molar-refractivity contribution in [2.75, 3.05) is 16.4 Å². The van der Waals surface area contributed by atoms with Gasteiger partial charge in [-0.05, 0) is 68.4 Å². The molecule has 2 aromatic heterocycles. The molecule has 0 atom stereocenters. The first-order chi connectivity index (χ1) is 19.7. The average molecular weight is 579 g/mol. The summed E-state index contributed by atoms with van der Waals surface area (Å²) >= 11 is 11.6. The van der Waals surface area contributed by atoms with E-state index in [1.807, 2.05) is 92.7 Å². The Morgan fingerprint density at radius 2 is 1.63 bits per heavy atom. The van der Waals surface area contributed by atoms with Crippen molar-refractivity contribution in [1.82, 2.24) is 20.0 Å². The lowest BCUT2D eigenvalue weighted by molar-refractivity contribution is 0.323. The van der Waals surface area contributed by atoms with Gasteiger partial charge in [0, 0.05) is 21.8 Å². The number of hydrogen-bond donors (Lipinski definition) is 3. The molecule has 4 N–H and O–H groups in total. The lowest BCUT2D eigenvalue weighted by atomic mass is 9.94. The van der Waals surface area contributed by atoms with Crippen LogP contribution in [0.4, 0.5) is 17.3 Å². The normalized spacial score (nSPS) is 11.1. The number of nitriles is 1. The van der Waals surface area contributed by atoms with Gasteiger partial charge >= 0.3 is 0 Å². The average Bonchev–Trinajstić information content (AvgIpc) is 3.32. The monoisotopic (exact) mass is 578 g/mol. The third-order valence-electron chi connectivity index (χ3n) is 6.59. The Kier molecular flexibility index (Phi) is 7.97. The molecule has 0 amide bonds. The highest BCUT2D eigenvalue weighted by molar-refractivity contribution is 7.80. The molecule has 0 aliphatic rings. The van der Waals surface area contributed by atoms with Crippen molar-refractivity contribution in [2.24, 2.45) is 0 Å². The van der Waals surface area contributed by atoms with Gasteiger partial charge in [-0.15, -0.1) is 10.2 Å². The van der Waals surface area contributed by atoms with E-state index < -0.39 is 5.54 Å². The highest BCUT2D eigenvalue weighted by Gasteiger charge is 2.29. The number of anilines is 3. The second kappa shape index (κ2) is 11.8. The van der Waals surface area contributed by atoms with Crippen LogP contribution in [0.5, 0.6) is 0 Å². The number of thiocarbonyl (C=S) groups is 1. The van der Waals surface area contributed by atoms with Gasteiger partial charge in [0.15, 0.2) is 10.9 Å². The summed E-state index contributed by atoms with van der Waals surface area (Å²) in [5.74, 6) is 0.839. The van der Waals surface area contributed by atoms with Crippen LogP contribution in [0.2, 0.25) is 5.02 Å². The Morgan fingerprint density at radius 1 is 0.927 bits per heavy atom. The van der Waals surface area contributed by atoms with Crippen molar-refractivity contribution in [3.63, 3.8) is 0 Å². The molecule has 204 valence electrons. The van der Waals surface area contributed by atoms with Crippen LogP contribution in [0.1, 0.15) is 25.0 Å². The molecular formula is C31H27ClN8S. The molecule has 0 fully saturated rings.